The zero-order valence-corrected chi connectivity index (χ0v) is 19.6. The predicted octanol–water partition coefficient (Wildman–Crippen LogP) is 7.19. The van der Waals surface area contributed by atoms with Crippen LogP contribution in [0.1, 0.15) is 80.5 Å². The molecule has 0 bridgehead atoms. The van der Waals surface area contributed by atoms with E-state index in [4.69, 9.17) is 5.11 Å². The fraction of sp³-hybridized carbons (Fsp3) is 0.500. The lowest BCUT2D eigenvalue weighted by Crippen LogP contribution is -2.22. The highest BCUT2D eigenvalue weighted by Gasteiger charge is 2.29. The average molecular weight is 460 g/mol. The van der Waals surface area contributed by atoms with Gasteiger partial charge >= 0.3 is 6.18 Å². The van der Waals surface area contributed by atoms with E-state index in [1.807, 2.05) is 12.1 Å². The van der Waals surface area contributed by atoms with Crippen LogP contribution in [-0.2, 0) is 19.3 Å². The molecule has 0 fully saturated rings. The van der Waals surface area contributed by atoms with Gasteiger partial charge in [0.15, 0.2) is 0 Å². The van der Waals surface area contributed by atoms with E-state index in [2.05, 4.69) is 35.8 Å². The lowest BCUT2D eigenvalue weighted by molar-refractivity contribution is -0.137. The second kappa shape index (κ2) is 14.8. The van der Waals surface area contributed by atoms with Crippen molar-refractivity contribution >= 4 is 0 Å². The van der Waals surface area contributed by atoms with Crippen LogP contribution < -0.4 is 0 Å². The van der Waals surface area contributed by atoms with Gasteiger partial charge < -0.3 is 5.11 Å². The van der Waals surface area contributed by atoms with Crippen molar-refractivity contribution in [3.8, 4) is 11.8 Å². The van der Waals surface area contributed by atoms with Crippen molar-refractivity contribution in [1.82, 2.24) is 4.90 Å². The fourth-order valence-corrected chi connectivity index (χ4v) is 3.66. The molecule has 0 aliphatic rings. The molecule has 0 aliphatic heterocycles. The van der Waals surface area contributed by atoms with Gasteiger partial charge in [-0.1, -0.05) is 75.1 Å². The maximum Gasteiger partial charge on any atom is 0.416 e. The lowest BCUT2D eigenvalue weighted by atomic mass is 10.1. The summed E-state index contributed by atoms with van der Waals surface area (Å²) in [5.74, 6) is 6.49. The third kappa shape index (κ3) is 10.9. The molecule has 2 nitrogen and oxygen atoms in total. The summed E-state index contributed by atoms with van der Waals surface area (Å²) in [6, 6.07) is 13.6. The van der Waals surface area contributed by atoms with Gasteiger partial charge in [0, 0.05) is 31.7 Å². The number of aliphatic hydroxyl groups is 1. The second-order valence-electron chi connectivity index (χ2n) is 8.45. The first kappa shape index (κ1) is 27.0. The fourth-order valence-electron chi connectivity index (χ4n) is 3.66. The van der Waals surface area contributed by atoms with E-state index in [1.54, 1.807) is 12.1 Å². The highest BCUT2D eigenvalue weighted by Crippen LogP contribution is 2.29. The molecule has 0 aliphatic carbocycles. The van der Waals surface area contributed by atoms with Crippen LogP contribution in [0.5, 0.6) is 0 Å². The molecular formula is C28H36F3NO. The number of rotatable bonds is 13. The van der Waals surface area contributed by atoms with Crippen LogP contribution in [0.2, 0.25) is 0 Å². The summed E-state index contributed by atoms with van der Waals surface area (Å²) in [5.41, 5.74) is 2.43. The van der Waals surface area contributed by atoms with E-state index in [9.17, 15) is 13.2 Å². The normalized spacial score (nSPS) is 11.5. The molecule has 0 saturated carbocycles. The van der Waals surface area contributed by atoms with Crippen molar-refractivity contribution in [2.75, 3.05) is 13.2 Å². The number of hydrogen-bond donors (Lipinski definition) is 1. The molecule has 180 valence electrons. The standard InChI is InChI=1S/C28H36F3NO/c1-2-32(23-26-17-19-27(20-18-26)28(29,30)31)22-25-15-13-24(14-16-25)12-10-8-6-4-3-5-7-9-11-21-33/h13-20,33H,2-9,11,21-23H2,1H3. The number of aliphatic hydroxyl groups excluding tert-OH is 1. The third-order valence-electron chi connectivity index (χ3n) is 5.69. The molecule has 0 saturated heterocycles. The minimum atomic E-state index is -4.30. The third-order valence-corrected chi connectivity index (χ3v) is 5.69. The Hall–Kier alpha value is -2.29. The molecule has 0 amide bonds. The number of halogens is 3. The van der Waals surface area contributed by atoms with Crippen molar-refractivity contribution in [3.63, 3.8) is 0 Å². The molecule has 0 spiro atoms. The molecule has 2 aromatic carbocycles. The van der Waals surface area contributed by atoms with E-state index >= 15 is 0 Å². The van der Waals surface area contributed by atoms with Crippen molar-refractivity contribution in [2.45, 2.75) is 77.6 Å². The zero-order valence-electron chi connectivity index (χ0n) is 19.6. The molecule has 33 heavy (non-hydrogen) atoms. The minimum Gasteiger partial charge on any atom is -0.396 e. The average Bonchev–Trinajstić information content (AvgIpc) is 2.80. The first-order valence-corrected chi connectivity index (χ1v) is 12.0. The quantitative estimate of drug-likeness (QED) is 0.253. The largest absolute Gasteiger partial charge is 0.416 e. The number of benzene rings is 2. The maximum atomic E-state index is 12.7. The number of hydrogen-bond acceptors (Lipinski definition) is 2. The van der Waals surface area contributed by atoms with Crippen LogP contribution in [0.3, 0.4) is 0 Å². The van der Waals surface area contributed by atoms with Gasteiger partial charge in [-0.3, -0.25) is 4.90 Å². The first-order valence-electron chi connectivity index (χ1n) is 12.0. The summed E-state index contributed by atoms with van der Waals surface area (Å²) < 4.78 is 38.2. The van der Waals surface area contributed by atoms with Crippen molar-refractivity contribution in [2.24, 2.45) is 0 Å². The minimum absolute atomic E-state index is 0.302. The summed E-state index contributed by atoms with van der Waals surface area (Å²) in [6.45, 7) is 4.51. The maximum absolute atomic E-state index is 12.7. The molecule has 1 N–H and O–H groups in total. The van der Waals surface area contributed by atoms with Gasteiger partial charge in [0.25, 0.3) is 0 Å². The Kier molecular flexibility index (Phi) is 12.1. The zero-order chi connectivity index (χ0) is 23.9. The van der Waals surface area contributed by atoms with Crippen LogP contribution in [0.4, 0.5) is 13.2 Å². The summed E-state index contributed by atoms with van der Waals surface area (Å²) in [5, 5.41) is 8.76. The van der Waals surface area contributed by atoms with Crippen molar-refractivity contribution < 1.29 is 18.3 Å². The Labute approximate surface area is 196 Å². The smallest absolute Gasteiger partial charge is 0.396 e. The van der Waals surface area contributed by atoms with Crippen LogP contribution >= 0.6 is 0 Å². The Morgan fingerprint density at radius 1 is 0.758 bits per heavy atom. The van der Waals surface area contributed by atoms with Gasteiger partial charge in [0.05, 0.1) is 5.56 Å². The van der Waals surface area contributed by atoms with Crippen LogP contribution in [0.15, 0.2) is 48.5 Å². The number of alkyl halides is 3. The highest BCUT2D eigenvalue weighted by atomic mass is 19.4. The Morgan fingerprint density at radius 2 is 1.27 bits per heavy atom. The highest BCUT2D eigenvalue weighted by molar-refractivity contribution is 5.36. The van der Waals surface area contributed by atoms with E-state index < -0.39 is 11.7 Å². The second-order valence-corrected chi connectivity index (χ2v) is 8.45. The summed E-state index contributed by atoms with van der Waals surface area (Å²) >= 11 is 0. The van der Waals surface area contributed by atoms with Gasteiger partial charge in [-0.15, -0.1) is 0 Å². The number of nitrogens with zero attached hydrogens (tertiary/aromatic N) is 1. The molecular weight excluding hydrogens is 423 g/mol. The van der Waals surface area contributed by atoms with Gasteiger partial charge in [-0.05, 0) is 54.8 Å². The van der Waals surface area contributed by atoms with E-state index in [-0.39, 0.29) is 0 Å². The molecule has 2 rings (SSSR count). The molecule has 0 aromatic heterocycles. The van der Waals surface area contributed by atoms with Crippen LogP contribution in [0, 0.1) is 11.8 Å². The molecule has 2 aromatic rings. The molecule has 0 unspecified atom stereocenters. The Morgan fingerprint density at radius 3 is 1.79 bits per heavy atom. The van der Waals surface area contributed by atoms with Gasteiger partial charge in [-0.25, -0.2) is 0 Å². The van der Waals surface area contributed by atoms with Crippen LogP contribution in [0.25, 0.3) is 0 Å². The SMILES string of the molecule is CCN(Cc1ccc(C#CCCCCCCCCCO)cc1)Cc1ccc(C(F)(F)F)cc1. The molecule has 0 atom stereocenters. The molecule has 0 heterocycles. The Bertz CT molecular complexity index is 848. The first-order chi connectivity index (χ1) is 15.9. The monoisotopic (exact) mass is 459 g/mol. The Balaban J connectivity index is 1.74. The van der Waals surface area contributed by atoms with Gasteiger partial charge in [0.2, 0.25) is 0 Å². The summed E-state index contributed by atoms with van der Waals surface area (Å²) in [4.78, 5) is 2.20. The summed E-state index contributed by atoms with van der Waals surface area (Å²) in [7, 11) is 0. The van der Waals surface area contributed by atoms with Crippen molar-refractivity contribution in [1.29, 1.82) is 0 Å². The van der Waals surface area contributed by atoms with Gasteiger partial charge in [-0.2, -0.15) is 13.2 Å². The van der Waals surface area contributed by atoms with E-state index in [0.29, 0.717) is 13.2 Å². The topological polar surface area (TPSA) is 23.5 Å². The van der Waals surface area contributed by atoms with Crippen LogP contribution in [-0.4, -0.2) is 23.2 Å². The number of unbranched alkanes of at least 4 members (excludes halogenated alkanes) is 7. The predicted molar refractivity (Wildman–Crippen MR) is 129 cm³/mol. The van der Waals surface area contributed by atoms with Gasteiger partial charge in [0.1, 0.15) is 0 Å². The molecule has 5 heteroatoms. The summed E-state index contributed by atoms with van der Waals surface area (Å²) in [6.07, 6.45) is 4.67. The van der Waals surface area contributed by atoms with E-state index in [0.717, 1.165) is 67.6 Å². The molecule has 0 radical (unpaired) electrons. The van der Waals surface area contributed by atoms with Crippen molar-refractivity contribution in [3.05, 3.63) is 70.8 Å². The lowest BCUT2D eigenvalue weighted by Gasteiger charge is -2.21. The van der Waals surface area contributed by atoms with E-state index in [1.165, 1.54) is 25.7 Å².